The molecule has 2 amide bonds. The third kappa shape index (κ3) is 3.42. The first-order valence-electron chi connectivity index (χ1n) is 11.0. The molecular formula is C25H26N2O5. The monoisotopic (exact) mass is 434 g/mol. The van der Waals surface area contributed by atoms with Gasteiger partial charge in [-0.15, -0.1) is 0 Å². The van der Waals surface area contributed by atoms with Crippen molar-refractivity contribution >= 4 is 18.0 Å². The van der Waals surface area contributed by atoms with Gasteiger partial charge in [0.1, 0.15) is 13.2 Å². The highest BCUT2D eigenvalue weighted by Crippen LogP contribution is 2.64. The van der Waals surface area contributed by atoms with Crippen LogP contribution in [-0.4, -0.2) is 54.2 Å². The fraction of sp³-hybridized carbons (Fsp3) is 0.400. The molecule has 7 heteroatoms. The maximum Gasteiger partial charge on any atom is 0.407 e. The molecule has 2 N–H and O–H groups in total. The maximum absolute atomic E-state index is 12.7. The molecule has 2 saturated carbocycles. The molecule has 0 spiro atoms. The van der Waals surface area contributed by atoms with E-state index in [0.29, 0.717) is 6.42 Å². The first kappa shape index (κ1) is 20.5. The van der Waals surface area contributed by atoms with E-state index in [2.05, 4.69) is 29.6 Å². The Kier molecular flexibility index (Phi) is 4.92. The molecule has 0 aromatic heterocycles. The Morgan fingerprint density at radius 2 is 1.69 bits per heavy atom. The summed E-state index contributed by atoms with van der Waals surface area (Å²) in [4.78, 5) is 37.5. The highest BCUT2D eigenvalue weighted by atomic mass is 16.5. The van der Waals surface area contributed by atoms with Gasteiger partial charge in [-0.3, -0.25) is 9.59 Å². The zero-order valence-electron chi connectivity index (χ0n) is 17.9. The van der Waals surface area contributed by atoms with Crippen LogP contribution in [0.5, 0.6) is 0 Å². The normalized spacial score (nSPS) is 24.8. The molecule has 0 unspecified atom stereocenters. The molecule has 5 rings (SSSR count). The van der Waals surface area contributed by atoms with E-state index in [1.165, 1.54) is 23.1 Å². The van der Waals surface area contributed by atoms with Crippen LogP contribution in [-0.2, 0) is 14.3 Å². The predicted octanol–water partition coefficient (Wildman–Crippen LogP) is 3.24. The van der Waals surface area contributed by atoms with Crippen LogP contribution in [0.2, 0.25) is 0 Å². The third-order valence-corrected chi connectivity index (χ3v) is 7.22. The molecule has 2 aromatic carbocycles. The SMILES string of the molecule is CN(CC(=O)O)C(=O)[C@@]12C[C@@H](NC(=O)OCC3c4ccccc4-c4ccccc43)C[C@@H]1C2. The number of carboxylic acids is 1. The fourth-order valence-corrected chi connectivity index (χ4v) is 5.73. The van der Waals surface area contributed by atoms with E-state index in [9.17, 15) is 14.4 Å². The average molecular weight is 434 g/mol. The van der Waals surface area contributed by atoms with E-state index >= 15 is 0 Å². The van der Waals surface area contributed by atoms with Gasteiger partial charge in [0.05, 0.1) is 5.41 Å². The number of aliphatic carboxylic acids is 1. The third-order valence-electron chi connectivity index (χ3n) is 7.22. The van der Waals surface area contributed by atoms with E-state index in [4.69, 9.17) is 9.84 Å². The van der Waals surface area contributed by atoms with Crippen LogP contribution in [0.25, 0.3) is 11.1 Å². The summed E-state index contributed by atoms with van der Waals surface area (Å²) in [5.74, 6) is -0.963. The molecule has 2 fully saturated rings. The molecule has 32 heavy (non-hydrogen) atoms. The number of rotatable bonds is 6. The quantitative estimate of drug-likeness (QED) is 0.728. The second-order valence-corrected chi connectivity index (χ2v) is 9.22. The number of fused-ring (bicyclic) bond motifs is 4. The molecule has 3 aliphatic rings. The molecule has 0 heterocycles. The lowest BCUT2D eigenvalue weighted by Gasteiger charge is -2.22. The van der Waals surface area contributed by atoms with E-state index in [-0.39, 0.29) is 36.9 Å². The number of carbonyl (C=O) groups is 3. The van der Waals surface area contributed by atoms with Crippen LogP contribution < -0.4 is 5.32 Å². The highest BCUT2D eigenvalue weighted by molar-refractivity contribution is 5.89. The van der Waals surface area contributed by atoms with Crippen LogP contribution in [0.1, 0.15) is 36.3 Å². The number of nitrogens with one attached hydrogen (secondary N) is 1. The van der Waals surface area contributed by atoms with Crippen molar-refractivity contribution in [2.45, 2.75) is 31.2 Å². The maximum atomic E-state index is 12.7. The van der Waals surface area contributed by atoms with Gasteiger partial charge in [-0.25, -0.2) is 4.79 Å². The summed E-state index contributed by atoms with van der Waals surface area (Å²) in [5.41, 5.74) is 4.16. The minimum atomic E-state index is -1.03. The number of carboxylic acid groups (broad SMARTS) is 1. The lowest BCUT2D eigenvalue weighted by molar-refractivity contribution is -0.146. The van der Waals surface area contributed by atoms with Gasteiger partial charge >= 0.3 is 12.1 Å². The number of carbonyl (C=O) groups excluding carboxylic acids is 2. The van der Waals surface area contributed by atoms with Crippen molar-refractivity contribution in [1.82, 2.24) is 10.2 Å². The molecule has 2 aromatic rings. The Hall–Kier alpha value is -3.35. The van der Waals surface area contributed by atoms with Gasteiger partial charge in [0, 0.05) is 19.0 Å². The largest absolute Gasteiger partial charge is 0.480 e. The molecule has 0 bridgehead atoms. The number of benzene rings is 2. The Balaban J connectivity index is 1.19. The van der Waals surface area contributed by atoms with E-state index in [0.717, 1.165) is 24.0 Å². The lowest BCUT2D eigenvalue weighted by Crippen LogP contribution is -2.40. The van der Waals surface area contributed by atoms with Gasteiger partial charge in [-0.1, -0.05) is 48.5 Å². The Morgan fingerprint density at radius 1 is 1.06 bits per heavy atom. The van der Waals surface area contributed by atoms with Gasteiger partial charge in [0.2, 0.25) is 5.91 Å². The number of amides is 2. The van der Waals surface area contributed by atoms with Gasteiger partial charge in [-0.2, -0.15) is 0 Å². The summed E-state index contributed by atoms with van der Waals surface area (Å²) in [6.07, 6.45) is 1.54. The molecule has 0 radical (unpaired) electrons. The van der Waals surface area contributed by atoms with E-state index in [1.807, 2.05) is 24.3 Å². The molecule has 3 atom stereocenters. The smallest absolute Gasteiger partial charge is 0.407 e. The van der Waals surface area contributed by atoms with Crippen molar-refractivity contribution in [3.05, 3.63) is 59.7 Å². The number of ether oxygens (including phenoxy) is 1. The van der Waals surface area contributed by atoms with Crippen molar-refractivity contribution in [3.8, 4) is 11.1 Å². The van der Waals surface area contributed by atoms with Crippen molar-refractivity contribution < 1.29 is 24.2 Å². The number of hydrogen-bond acceptors (Lipinski definition) is 4. The topological polar surface area (TPSA) is 95.9 Å². The summed E-state index contributed by atoms with van der Waals surface area (Å²) in [5, 5.41) is 11.9. The zero-order chi connectivity index (χ0) is 22.5. The van der Waals surface area contributed by atoms with Gasteiger partial charge in [-0.05, 0) is 47.4 Å². The molecule has 166 valence electrons. The molecule has 3 aliphatic carbocycles. The van der Waals surface area contributed by atoms with Crippen LogP contribution in [0.3, 0.4) is 0 Å². The molecule has 7 nitrogen and oxygen atoms in total. The second kappa shape index (κ2) is 7.65. The van der Waals surface area contributed by atoms with Crippen molar-refractivity contribution in [1.29, 1.82) is 0 Å². The zero-order valence-corrected chi connectivity index (χ0v) is 17.9. The predicted molar refractivity (Wildman–Crippen MR) is 117 cm³/mol. The van der Waals surface area contributed by atoms with Crippen molar-refractivity contribution in [2.24, 2.45) is 11.3 Å². The second-order valence-electron chi connectivity index (χ2n) is 9.22. The minimum absolute atomic E-state index is 0.00252. The summed E-state index contributed by atoms with van der Waals surface area (Å²) >= 11 is 0. The van der Waals surface area contributed by atoms with E-state index in [1.54, 1.807) is 0 Å². The van der Waals surface area contributed by atoms with Crippen LogP contribution in [0.15, 0.2) is 48.5 Å². The summed E-state index contributed by atoms with van der Waals surface area (Å²) in [6.45, 7) is -0.0563. The minimum Gasteiger partial charge on any atom is -0.480 e. The number of likely N-dealkylation sites (N-methyl/N-ethyl adjacent to an activating group) is 1. The van der Waals surface area contributed by atoms with Crippen molar-refractivity contribution in [3.63, 3.8) is 0 Å². The lowest BCUT2D eigenvalue weighted by atomic mass is 9.98. The standard InChI is InChI=1S/C25H26N2O5/c1-27(13-22(28)29)23(30)25-11-15(25)10-16(12-25)26-24(31)32-14-21-19-8-4-2-6-17(19)18-7-3-5-9-20(18)21/h2-9,15-16,21H,10-14H2,1H3,(H,26,31)(H,28,29)/t15-,16+,25+/m1/s1. The Morgan fingerprint density at radius 3 is 2.31 bits per heavy atom. The number of hydrogen-bond donors (Lipinski definition) is 2. The van der Waals surface area contributed by atoms with Crippen molar-refractivity contribution in [2.75, 3.05) is 20.2 Å². The summed E-state index contributed by atoms with van der Waals surface area (Å²) in [7, 11) is 1.52. The summed E-state index contributed by atoms with van der Waals surface area (Å²) < 4.78 is 5.62. The molecule has 0 aliphatic heterocycles. The fourth-order valence-electron chi connectivity index (χ4n) is 5.73. The summed E-state index contributed by atoms with van der Waals surface area (Å²) in [6, 6.07) is 16.2. The average Bonchev–Trinajstić information content (AvgIpc) is 3.19. The first-order valence-corrected chi connectivity index (χ1v) is 11.0. The van der Waals surface area contributed by atoms with Crippen LogP contribution >= 0.6 is 0 Å². The number of alkyl carbamates (subject to hydrolysis) is 1. The first-order chi connectivity index (χ1) is 15.4. The van der Waals surface area contributed by atoms with Gasteiger partial charge in [0.25, 0.3) is 0 Å². The van der Waals surface area contributed by atoms with Gasteiger partial charge < -0.3 is 20.1 Å². The molecule has 0 saturated heterocycles. The molecular weight excluding hydrogens is 408 g/mol. The highest BCUT2D eigenvalue weighted by Gasteiger charge is 2.65. The number of nitrogens with zero attached hydrogens (tertiary/aromatic N) is 1. The van der Waals surface area contributed by atoms with Crippen LogP contribution in [0.4, 0.5) is 4.79 Å². The Labute approximate surface area is 186 Å². The van der Waals surface area contributed by atoms with E-state index < -0.39 is 17.5 Å². The Bertz CT molecular complexity index is 1050. The van der Waals surface area contributed by atoms with Crippen LogP contribution in [0, 0.1) is 11.3 Å². The van der Waals surface area contributed by atoms with Gasteiger partial charge in [0.15, 0.2) is 0 Å².